The van der Waals surface area contributed by atoms with E-state index in [1.54, 1.807) is 0 Å². The lowest BCUT2D eigenvalue weighted by atomic mass is 10.1. The van der Waals surface area contributed by atoms with Gasteiger partial charge in [-0.05, 0) is 63.8 Å². The smallest absolute Gasteiger partial charge is 0.264 e. The molecule has 2 N–H and O–H groups in total. The van der Waals surface area contributed by atoms with Crippen molar-refractivity contribution < 1.29 is 19.8 Å². The van der Waals surface area contributed by atoms with Crippen LogP contribution in [0.25, 0.3) is 21.8 Å². The minimum atomic E-state index is -0.296. The molecule has 0 bridgehead atoms. The van der Waals surface area contributed by atoms with Gasteiger partial charge in [0.05, 0.1) is 11.0 Å². The number of hydrogen-bond acceptors (Lipinski definition) is 6. The number of nitrogens with zero attached hydrogens (tertiary/aromatic N) is 6. The van der Waals surface area contributed by atoms with E-state index in [1.807, 2.05) is 59.4 Å². The summed E-state index contributed by atoms with van der Waals surface area (Å²) in [6.45, 7) is 9.65. The van der Waals surface area contributed by atoms with Gasteiger partial charge in [-0.1, -0.05) is 88.5 Å². The molecule has 0 unspecified atom stereocenters. The number of aromatic nitrogens is 2. The monoisotopic (exact) mass is 656 g/mol. The molecule has 2 amide bonds. The molecule has 2 heterocycles. The lowest BCUT2D eigenvalue weighted by Gasteiger charge is -2.06. The average molecular weight is 657 g/mol. The third-order valence-corrected chi connectivity index (χ3v) is 8.86. The quantitative estimate of drug-likeness (QED) is 0.0767. The molecule has 0 saturated heterocycles. The van der Waals surface area contributed by atoms with E-state index in [-0.39, 0.29) is 23.6 Å². The van der Waals surface area contributed by atoms with E-state index >= 15 is 0 Å². The van der Waals surface area contributed by atoms with Gasteiger partial charge in [-0.25, -0.2) is 0 Å². The first kappa shape index (κ1) is 36.5. The van der Waals surface area contributed by atoms with Gasteiger partial charge >= 0.3 is 0 Å². The molecule has 0 radical (unpaired) electrons. The fourth-order valence-corrected chi connectivity index (χ4v) is 6.14. The molecule has 2 aromatic heterocycles. The van der Waals surface area contributed by atoms with Crippen molar-refractivity contribution in [3.8, 4) is 11.8 Å². The van der Waals surface area contributed by atoms with Gasteiger partial charge in [-0.15, -0.1) is 20.5 Å². The number of rotatable bonds is 19. The molecule has 0 aliphatic heterocycles. The van der Waals surface area contributed by atoms with E-state index in [9.17, 15) is 19.8 Å². The molecule has 0 aliphatic carbocycles. The molecular weight excluding hydrogens is 604 g/mol. The van der Waals surface area contributed by atoms with E-state index < -0.39 is 0 Å². The maximum atomic E-state index is 12.5. The zero-order valence-corrected chi connectivity index (χ0v) is 29.2. The second-order valence-corrected chi connectivity index (χ2v) is 12.9. The summed E-state index contributed by atoms with van der Waals surface area (Å²) in [5, 5.41) is 39.7. The molecule has 0 fully saturated rings. The van der Waals surface area contributed by atoms with Gasteiger partial charge in [0.1, 0.15) is 0 Å². The van der Waals surface area contributed by atoms with Gasteiger partial charge < -0.3 is 19.3 Å². The molecule has 2 aromatic carbocycles. The number of benzene rings is 2. The highest BCUT2D eigenvalue weighted by atomic mass is 16.3. The van der Waals surface area contributed by atoms with Gasteiger partial charge in [0, 0.05) is 36.7 Å². The molecule has 0 spiro atoms. The Morgan fingerprint density at radius 2 is 0.979 bits per heavy atom. The topological polar surface area (TPSA) is 134 Å². The van der Waals surface area contributed by atoms with E-state index in [0.29, 0.717) is 50.1 Å². The van der Waals surface area contributed by atoms with Crippen molar-refractivity contribution in [2.45, 2.75) is 131 Å². The summed E-state index contributed by atoms with van der Waals surface area (Å²) in [4.78, 5) is 24.9. The molecule has 0 atom stereocenters. The molecule has 0 saturated carbocycles. The van der Waals surface area contributed by atoms with Crippen LogP contribution in [0.1, 0.15) is 115 Å². The largest absolute Gasteiger partial charge is 0.493 e. The lowest BCUT2D eigenvalue weighted by molar-refractivity contribution is -0.119. The van der Waals surface area contributed by atoms with Crippen LogP contribution in [0.15, 0.2) is 56.9 Å². The number of carbonyl (C=O) groups excluding carboxylic acids is 2. The highest BCUT2D eigenvalue weighted by Crippen LogP contribution is 2.41. The third kappa shape index (κ3) is 9.61. The van der Waals surface area contributed by atoms with E-state index in [4.69, 9.17) is 0 Å². The number of carbonyl (C=O) groups is 2. The van der Waals surface area contributed by atoms with Crippen LogP contribution in [-0.4, -0.2) is 31.2 Å². The molecule has 258 valence electrons. The standard InChI is InChI=1S/C38H52N6O4/c1-5-7-15-23-43-31-21-19-27(3)25-29(31)35(37(43)47)41-39-33(45)17-13-11-9-10-12-14-18-34(46)40-42-36-30-26-28(4)20-22-32(30)44(38(36)48)24-16-8-6-2/h19-22,25-26,47-48H,5-18,23-24H2,1-4H3. The Bertz CT molecular complexity index is 1620. The Labute approximate surface area is 284 Å². The Morgan fingerprint density at radius 1 is 0.583 bits per heavy atom. The van der Waals surface area contributed by atoms with Gasteiger partial charge in [-0.2, -0.15) is 0 Å². The molecule has 10 heteroatoms. The van der Waals surface area contributed by atoms with Crippen LogP contribution in [-0.2, 0) is 22.7 Å². The summed E-state index contributed by atoms with van der Waals surface area (Å²) < 4.78 is 3.72. The van der Waals surface area contributed by atoms with Crippen LogP contribution in [0.4, 0.5) is 11.4 Å². The summed E-state index contributed by atoms with van der Waals surface area (Å²) >= 11 is 0. The van der Waals surface area contributed by atoms with E-state index in [1.165, 1.54) is 0 Å². The first-order chi connectivity index (χ1) is 23.2. The van der Waals surface area contributed by atoms with E-state index in [2.05, 4.69) is 34.3 Å². The van der Waals surface area contributed by atoms with Gasteiger partial charge in [-0.3, -0.25) is 9.59 Å². The summed E-state index contributed by atoms with van der Waals surface area (Å²) in [7, 11) is 0. The van der Waals surface area contributed by atoms with Crippen LogP contribution in [0.5, 0.6) is 11.8 Å². The average Bonchev–Trinajstić information content (AvgIpc) is 3.47. The van der Waals surface area contributed by atoms with Gasteiger partial charge in [0.15, 0.2) is 11.4 Å². The van der Waals surface area contributed by atoms with Crippen LogP contribution in [0.2, 0.25) is 0 Å². The lowest BCUT2D eigenvalue weighted by Crippen LogP contribution is -1.97. The summed E-state index contributed by atoms with van der Waals surface area (Å²) in [5.41, 5.74) is 4.62. The third-order valence-electron chi connectivity index (χ3n) is 8.86. The second-order valence-electron chi connectivity index (χ2n) is 12.9. The Morgan fingerprint density at radius 3 is 1.38 bits per heavy atom. The summed E-state index contributed by atoms with van der Waals surface area (Å²) in [6.07, 6.45) is 11.9. The fourth-order valence-electron chi connectivity index (χ4n) is 6.14. The normalized spacial score (nSPS) is 12.0. The number of aryl methyl sites for hydroxylation is 4. The van der Waals surface area contributed by atoms with Crippen molar-refractivity contribution in [2.75, 3.05) is 0 Å². The van der Waals surface area contributed by atoms with Crippen molar-refractivity contribution in [2.24, 2.45) is 20.5 Å². The summed E-state index contributed by atoms with van der Waals surface area (Å²) in [6, 6.07) is 11.9. The highest BCUT2D eigenvalue weighted by molar-refractivity contribution is 5.96. The van der Waals surface area contributed by atoms with Crippen LogP contribution in [0, 0.1) is 13.8 Å². The predicted molar refractivity (Wildman–Crippen MR) is 192 cm³/mol. The molecular formula is C38H52N6O4. The number of unbranched alkanes of at least 4 members (excludes halogenated alkanes) is 9. The van der Waals surface area contributed by atoms with Gasteiger partial charge in [0.2, 0.25) is 11.8 Å². The molecule has 4 aromatic rings. The first-order valence-electron chi connectivity index (χ1n) is 17.8. The molecule has 4 rings (SSSR count). The maximum absolute atomic E-state index is 12.5. The molecule has 48 heavy (non-hydrogen) atoms. The summed E-state index contributed by atoms with van der Waals surface area (Å²) in [5.74, 6) is -0.478. The minimum Gasteiger partial charge on any atom is -0.493 e. The van der Waals surface area contributed by atoms with Crippen LogP contribution in [0.3, 0.4) is 0 Å². The van der Waals surface area contributed by atoms with Crippen molar-refractivity contribution in [1.29, 1.82) is 0 Å². The number of azo groups is 2. The molecule has 0 aliphatic rings. The number of fused-ring (bicyclic) bond motifs is 2. The van der Waals surface area contributed by atoms with Crippen LogP contribution >= 0.6 is 0 Å². The van der Waals surface area contributed by atoms with Crippen molar-refractivity contribution >= 4 is 45.0 Å². The van der Waals surface area contributed by atoms with E-state index in [0.717, 1.165) is 97.1 Å². The fraction of sp³-hybridized carbons (Fsp3) is 0.526. The Balaban J connectivity index is 1.18. The Kier molecular flexibility index (Phi) is 13.9. The Hall–Kier alpha value is -4.34. The van der Waals surface area contributed by atoms with Gasteiger partial charge in [0.25, 0.3) is 11.8 Å². The number of aromatic hydroxyl groups is 2. The predicted octanol–water partition coefficient (Wildman–Crippen LogP) is 11.0. The first-order valence-corrected chi connectivity index (χ1v) is 17.8. The number of amides is 2. The number of hydrogen-bond donors (Lipinski definition) is 2. The SMILES string of the molecule is CCCCCn1c(O)c(N=NC(=O)CCCCCCCCC(=O)N=Nc2c(O)n(CCCCC)c3ccc(C)cc23)c2cc(C)ccc21. The zero-order valence-electron chi connectivity index (χ0n) is 29.2. The maximum Gasteiger partial charge on any atom is 0.264 e. The zero-order chi connectivity index (χ0) is 34.5. The van der Waals surface area contributed by atoms with Crippen molar-refractivity contribution in [3.63, 3.8) is 0 Å². The van der Waals surface area contributed by atoms with Crippen molar-refractivity contribution in [1.82, 2.24) is 9.13 Å². The second kappa shape index (κ2) is 18.3. The van der Waals surface area contributed by atoms with Crippen molar-refractivity contribution in [3.05, 3.63) is 47.5 Å². The molecule has 10 nitrogen and oxygen atoms in total. The van der Waals surface area contributed by atoms with Crippen LogP contribution < -0.4 is 0 Å². The highest BCUT2D eigenvalue weighted by Gasteiger charge is 2.18. The minimum absolute atomic E-state index is 0.0573.